The maximum atomic E-state index is 12.5. The summed E-state index contributed by atoms with van der Waals surface area (Å²) < 4.78 is 0. The summed E-state index contributed by atoms with van der Waals surface area (Å²) in [6, 6.07) is 16.7. The van der Waals surface area contributed by atoms with Gasteiger partial charge in [0.25, 0.3) is 5.91 Å². The van der Waals surface area contributed by atoms with Crippen molar-refractivity contribution in [3.05, 3.63) is 93.2 Å². The fourth-order valence-corrected chi connectivity index (χ4v) is 5.31. The quantitative estimate of drug-likeness (QED) is 0.398. The number of pyridine rings is 1. The Morgan fingerprint density at radius 3 is 2.54 bits per heavy atom. The van der Waals surface area contributed by atoms with Crippen molar-refractivity contribution in [3.8, 4) is 12.3 Å². The number of β-amino-alcohol motifs (C(OH)–C–C–N with tert-alkyl or cyclic N) is 1. The molecule has 2 heterocycles. The van der Waals surface area contributed by atoms with E-state index in [9.17, 15) is 9.90 Å². The molecular weight excluding hydrogens is 535 g/mol. The summed E-state index contributed by atoms with van der Waals surface area (Å²) in [5.41, 5.74) is 2.32. The van der Waals surface area contributed by atoms with Crippen LogP contribution in [0, 0.1) is 12.3 Å². The predicted octanol–water partition coefficient (Wildman–Crippen LogP) is 4.21. The SMILES string of the molecule is C#Cc1ccc(N2CCN(C[C@@](C)(O)c3ccc(C(=O)N(C)CCO)cn3)CC2c2ccc(Cl)cc2)c(Cl)c1. The first-order valence-corrected chi connectivity index (χ1v) is 13.4. The smallest absolute Gasteiger partial charge is 0.255 e. The topological polar surface area (TPSA) is 80.1 Å². The van der Waals surface area contributed by atoms with Gasteiger partial charge in [0.2, 0.25) is 0 Å². The summed E-state index contributed by atoms with van der Waals surface area (Å²) in [5.74, 6) is 2.39. The third kappa shape index (κ3) is 6.73. The van der Waals surface area contributed by atoms with Crippen LogP contribution in [0.2, 0.25) is 10.0 Å². The Hall–Kier alpha value is -3.12. The summed E-state index contributed by atoms with van der Waals surface area (Å²) in [6.45, 7) is 4.20. The molecule has 1 saturated heterocycles. The van der Waals surface area contributed by atoms with Crippen LogP contribution in [-0.4, -0.2) is 77.3 Å². The summed E-state index contributed by atoms with van der Waals surface area (Å²) in [5, 5.41) is 21.8. The zero-order valence-electron chi connectivity index (χ0n) is 22.0. The van der Waals surface area contributed by atoms with Gasteiger partial charge in [-0.3, -0.25) is 14.7 Å². The van der Waals surface area contributed by atoms with E-state index in [0.717, 1.165) is 16.8 Å². The van der Waals surface area contributed by atoms with Gasteiger partial charge in [-0.15, -0.1) is 6.42 Å². The fourth-order valence-electron chi connectivity index (χ4n) is 4.90. The van der Waals surface area contributed by atoms with Crippen LogP contribution in [0.5, 0.6) is 0 Å². The number of likely N-dealkylation sites (N-methyl/N-ethyl adjacent to an activating group) is 1. The molecule has 1 aromatic heterocycles. The minimum Gasteiger partial charge on any atom is -0.395 e. The van der Waals surface area contributed by atoms with Crippen LogP contribution in [0.25, 0.3) is 0 Å². The number of anilines is 1. The number of aliphatic hydroxyl groups is 2. The molecule has 2 aromatic carbocycles. The third-order valence-electron chi connectivity index (χ3n) is 7.02. The highest BCUT2D eigenvalue weighted by Gasteiger charge is 2.34. The molecule has 1 amide bonds. The average Bonchev–Trinajstić information content (AvgIpc) is 2.93. The summed E-state index contributed by atoms with van der Waals surface area (Å²) in [4.78, 5) is 22.8. The lowest BCUT2D eigenvalue weighted by Gasteiger charge is -2.45. The van der Waals surface area contributed by atoms with E-state index in [0.29, 0.717) is 47.5 Å². The summed E-state index contributed by atoms with van der Waals surface area (Å²) in [7, 11) is 1.62. The lowest BCUT2D eigenvalue weighted by molar-refractivity contribution is 0.00673. The number of carbonyl (C=O) groups is 1. The van der Waals surface area contributed by atoms with Gasteiger partial charge in [0.05, 0.1) is 34.6 Å². The predicted molar refractivity (Wildman–Crippen MR) is 155 cm³/mol. The van der Waals surface area contributed by atoms with Gasteiger partial charge < -0.3 is 20.0 Å². The second kappa shape index (κ2) is 12.4. The van der Waals surface area contributed by atoms with Crippen molar-refractivity contribution in [2.75, 3.05) is 51.3 Å². The van der Waals surface area contributed by atoms with Gasteiger partial charge in [-0.05, 0) is 55.0 Å². The number of aliphatic hydroxyl groups excluding tert-OH is 1. The largest absolute Gasteiger partial charge is 0.395 e. The average molecular weight is 568 g/mol. The molecule has 7 nitrogen and oxygen atoms in total. The van der Waals surface area contributed by atoms with Crippen molar-refractivity contribution in [2.45, 2.75) is 18.6 Å². The number of piperazine rings is 1. The maximum Gasteiger partial charge on any atom is 0.255 e. The van der Waals surface area contributed by atoms with Crippen LogP contribution in [0.4, 0.5) is 5.69 Å². The van der Waals surface area contributed by atoms with Crippen molar-refractivity contribution in [1.82, 2.24) is 14.8 Å². The molecule has 0 saturated carbocycles. The molecule has 9 heteroatoms. The first-order chi connectivity index (χ1) is 18.6. The number of terminal acetylenes is 1. The third-order valence-corrected chi connectivity index (χ3v) is 7.57. The Balaban J connectivity index is 1.54. The van der Waals surface area contributed by atoms with Crippen molar-refractivity contribution in [2.24, 2.45) is 0 Å². The van der Waals surface area contributed by atoms with Gasteiger partial charge >= 0.3 is 0 Å². The number of carbonyl (C=O) groups excluding carboxylic acids is 1. The number of hydrogen-bond donors (Lipinski definition) is 2. The van der Waals surface area contributed by atoms with Crippen molar-refractivity contribution in [3.63, 3.8) is 0 Å². The van der Waals surface area contributed by atoms with Crippen LogP contribution >= 0.6 is 23.2 Å². The molecule has 1 unspecified atom stereocenters. The lowest BCUT2D eigenvalue weighted by atomic mass is 9.97. The normalized spacial score (nSPS) is 17.4. The van der Waals surface area contributed by atoms with Gasteiger partial charge in [-0.2, -0.15) is 0 Å². The second-order valence-corrected chi connectivity index (χ2v) is 10.8. The number of benzene rings is 2. The number of halogens is 2. The van der Waals surface area contributed by atoms with Crippen molar-refractivity contribution >= 4 is 34.8 Å². The van der Waals surface area contributed by atoms with E-state index < -0.39 is 5.60 Å². The molecule has 2 atom stereocenters. The van der Waals surface area contributed by atoms with Gasteiger partial charge in [-0.25, -0.2) is 0 Å². The van der Waals surface area contributed by atoms with E-state index in [1.807, 2.05) is 36.4 Å². The van der Waals surface area contributed by atoms with E-state index in [-0.39, 0.29) is 25.1 Å². The van der Waals surface area contributed by atoms with Crippen LogP contribution in [0.1, 0.15) is 40.1 Å². The van der Waals surface area contributed by atoms with Crippen LogP contribution < -0.4 is 4.90 Å². The van der Waals surface area contributed by atoms with Gasteiger partial charge in [-0.1, -0.05) is 41.3 Å². The first kappa shape index (κ1) is 28.9. The molecule has 39 heavy (non-hydrogen) atoms. The Bertz CT molecular complexity index is 1340. The summed E-state index contributed by atoms with van der Waals surface area (Å²) >= 11 is 12.8. The van der Waals surface area contributed by atoms with Crippen molar-refractivity contribution < 1.29 is 15.0 Å². The lowest BCUT2D eigenvalue weighted by Crippen LogP contribution is -2.52. The molecule has 1 aliphatic heterocycles. The number of rotatable bonds is 8. The van der Waals surface area contributed by atoms with E-state index in [2.05, 4.69) is 20.7 Å². The number of hydrogen-bond acceptors (Lipinski definition) is 6. The molecule has 2 N–H and O–H groups in total. The van der Waals surface area contributed by atoms with Gasteiger partial charge in [0.1, 0.15) is 5.60 Å². The second-order valence-electron chi connectivity index (χ2n) is 9.96. The van der Waals surface area contributed by atoms with Crippen LogP contribution in [-0.2, 0) is 5.60 Å². The standard InChI is InChI=1S/C30H32Cl2N4O3/c1-4-21-5-11-26(25(32)17-21)36-14-13-35(19-27(36)22-6-9-24(31)10-7-22)20-30(2,39)28-12-8-23(18-33-28)29(38)34(3)15-16-37/h1,5-12,17-18,27,37,39H,13-16,19-20H2,2-3H3/t27?,30-/m1/s1. The van der Waals surface area contributed by atoms with E-state index >= 15 is 0 Å². The zero-order valence-corrected chi connectivity index (χ0v) is 23.5. The summed E-state index contributed by atoms with van der Waals surface area (Å²) in [6.07, 6.45) is 7.02. The number of amides is 1. The Morgan fingerprint density at radius 2 is 1.92 bits per heavy atom. The highest BCUT2D eigenvalue weighted by Crippen LogP contribution is 2.36. The molecular formula is C30H32Cl2N4O3. The Kier molecular flexibility index (Phi) is 9.16. The Morgan fingerprint density at radius 1 is 1.18 bits per heavy atom. The highest BCUT2D eigenvalue weighted by molar-refractivity contribution is 6.33. The Labute approximate surface area is 239 Å². The van der Waals surface area contributed by atoms with Crippen LogP contribution in [0.15, 0.2) is 60.8 Å². The fraction of sp³-hybridized carbons (Fsp3) is 0.333. The van der Waals surface area contributed by atoms with Crippen molar-refractivity contribution in [1.29, 1.82) is 0 Å². The van der Waals surface area contributed by atoms with E-state index in [4.69, 9.17) is 34.7 Å². The molecule has 0 bridgehead atoms. The molecule has 0 radical (unpaired) electrons. The molecule has 4 rings (SSSR count). The van der Waals surface area contributed by atoms with E-state index in [1.165, 1.54) is 11.1 Å². The zero-order chi connectivity index (χ0) is 28.2. The number of nitrogens with zero attached hydrogens (tertiary/aromatic N) is 4. The van der Waals surface area contributed by atoms with Crippen LogP contribution in [0.3, 0.4) is 0 Å². The molecule has 204 valence electrons. The monoisotopic (exact) mass is 566 g/mol. The minimum absolute atomic E-state index is 0.0454. The molecule has 0 spiro atoms. The maximum absolute atomic E-state index is 12.5. The molecule has 1 fully saturated rings. The van der Waals surface area contributed by atoms with E-state index in [1.54, 1.807) is 32.2 Å². The molecule has 1 aliphatic rings. The minimum atomic E-state index is -1.25. The highest BCUT2D eigenvalue weighted by atomic mass is 35.5. The van der Waals surface area contributed by atoms with Gasteiger partial charge in [0, 0.05) is 56.6 Å². The molecule has 0 aliphatic carbocycles. The number of aromatic nitrogens is 1. The van der Waals surface area contributed by atoms with Gasteiger partial charge in [0.15, 0.2) is 0 Å². The first-order valence-electron chi connectivity index (χ1n) is 12.7. The molecule has 3 aromatic rings.